The fourth-order valence-electron chi connectivity index (χ4n) is 7.60. The lowest BCUT2D eigenvalue weighted by atomic mass is 9.45. The predicted octanol–water partition coefficient (Wildman–Crippen LogP) is 3.30. The molecule has 3 unspecified atom stereocenters. The molecule has 0 spiro atoms. The zero-order chi connectivity index (χ0) is 23.9. The van der Waals surface area contributed by atoms with Crippen LogP contribution >= 0.6 is 11.6 Å². The van der Waals surface area contributed by atoms with E-state index in [-0.39, 0.29) is 30.1 Å². The van der Waals surface area contributed by atoms with Gasteiger partial charge in [0, 0.05) is 23.7 Å². The van der Waals surface area contributed by atoms with E-state index in [0.29, 0.717) is 6.42 Å². The molecule has 4 aliphatic rings. The molecule has 4 aliphatic carbocycles. The monoisotopic (exact) mass is 468 g/mol. The number of hydrogen-bond acceptors (Lipinski definition) is 6. The first-order valence-electron chi connectivity index (χ1n) is 11.0. The lowest BCUT2D eigenvalue weighted by molar-refractivity contribution is -0.214. The molecular weight excluding hydrogens is 439 g/mol. The normalized spacial score (nSPS) is 49.4. The van der Waals surface area contributed by atoms with Gasteiger partial charge in [0.1, 0.15) is 6.17 Å². The summed E-state index contributed by atoms with van der Waals surface area (Å²) in [5, 5.41) is 11.5. The summed E-state index contributed by atoms with van der Waals surface area (Å²) >= 11 is 7.30. The van der Waals surface area contributed by atoms with Gasteiger partial charge in [-0.3, -0.25) is 9.59 Å². The molecule has 0 bridgehead atoms. The van der Waals surface area contributed by atoms with Crippen LogP contribution in [-0.4, -0.2) is 52.7 Å². The van der Waals surface area contributed by atoms with Crippen molar-refractivity contribution in [1.82, 2.24) is 0 Å². The van der Waals surface area contributed by atoms with Crippen LogP contribution in [0.1, 0.15) is 47.0 Å². The molecule has 4 rings (SSSR count). The van der Waals surface area contributed by atoms with E-state index in [1.54, 1.807) is 13.0 Å². The van der Waals surface area contributed by atoms with Crippen molar-refractivity contribution < 1.29 is 33.4 Å². The first kappa shape index (κ1) is 23.4. The Morgan fingerprint density at radius 3 is 2.50 bits per heavy atom. The summed E-state index contributed by atoms with van der Waals surface area (Å²) in [7, 11) is 1.24. The maximum Gasteiger partial charge on any atom is 0.351 e. The third-order valence-electron chi connectivity index (χ3n) is 8.96. The second-order valence-electron chi connectivity index (χ2n) is 10.3. The van der Waals surface area contributed by atoms with E-state index < -0.39 is 57.4 Å². The fourth-order valence-corrected chi connectivity index (χ4v) is 8.09. The van der Waals surface area contributed by atoms with Gasteiger partial charge in [-0.2, -0.15) is 0 Å². The standard InChI is InChI=1S/C24H30ClFO6/c1-12-8-15-16-10-18(26)17-9-14(28)6-7-21(17,3)23(16,25)19(29)11-22(15,4)24(12,20(30)31-5)32-13(2)27/h6-7,9,12,15-16,18-19,29H,8,10-11H2,1-5H3/t12?,15?,16?,18-,19-,21-,22-,23-,24-/m0/s1. The van der Waals surface area contributed by atoms with Crippen molar-refractivity contribution in [2.45, 2.75) is 69.7 Å². The van der Waals surface area contributed by atoms with Crippen molar-refractivity contribution >= 4 is 29.3 Å². The lowest BCUT2D eigenvalue weighted by Gasteiger charge is -2.64. The molecule has 176 valence electrons. The summed E-state index contributed by atoms with van der Waals surface area (Å²) in [5.41, 5.74) is -3.42. The Hall–Kier alpha value is -1.73. The van der Waals surface area contributed by atoms with Gasteiger partial charge in [0.25, 0.3) is 0 Å². The summed E-state index contributed by atoms with van der Waals surface area (Å²) in [6.45, 7) is 6.62. The average molecular weight is 469 g/mol. The van der Waals surface area contributed by atoms with E-state index >= 15 is 4.39 Å². The van der Waals surface area contributed by atoms with E-state index in [9.17, 15) is 19.5 Å². The quantitative estimate of drug-likeness (QED) is 0.494. The number of ether oxygens (including phenoxy) is 2. The molecule has 0 aromatic heterocycles. The molecule has 0 radical (unpaired) electrons. The number of allylic oxidation sites excluding steroid dienone is 4. The SMILES string of the molecule is COC(=O)[C@@]1(OC(C)=O)C(C)CC2C3C[C@H](F)C4=CC(=O)C=C[C@]4(C)[C@@]3(Cl)[C@@H](O)C[C@@]21C. The molecule has 0 heterocycles. The number of alkyl halides is 2. The molecule has 0 aliphatic heterocycles. The van der Waals surface area contributed by atoms with Crippen LogP contribution in [0, 0.1) is 28.6 Å². The zero-order valence-corrected chi connectivity index (χ0v) is 19.7. The first-order chi connectivity index (χ1) is 14.8. The number of aliphatic hydroxyl groups excluding tert-OH is 1. The number of fused-ring (bicyclic) bond motifs is 5. The van der Waals surface area contributed by atoms with E-state index in [2.05, 4.69) is 0 Å². The molecule has 3 fully saturated rings. The van der Waals surface area contributed by atoms with Crippen molar-refractivity contribution in [3.63, 3.8) is 0 Å². The number of halogens is 2. The maximum absolute atomic E-state index is 15.5. The second kappa shape index (κ2) is 7.13. The third kappa shape index (κ3) is 2.58. The van der Waals surface area contributed by atoms with Crippen molar-refractivity contribution in [3.8, 4) is 0 Å². The second-order valence-corrected chi connectivity index (χ2v) is 10.9. The minimum Gasteiger partial charge on any atom is -0.466 e. The number of rotatable bonds is 2. The van der Waals surface area contributed by atoms with Crippen LogP contribution in [0.5, 0.6) is 0 Å². The fraction of sp³-hybridized carbons (Fsp3) is 0.708. The summed E-state index contributed by atoms with van der Waals surface area (Å²) in [6.07, 6.45) is 2.23. The lowest BCUT2D eigenvalue weighted by Crippen LogP contribution is -2.70. The van der Waals surface area contributed by atoms with Crippen LogP contribution in [0.3, 0.4) is 0 Å². The van der Waals surface area contributed by atoms with Gasteiger partial charge < -0.3 is 14.6 Å². The molecule has 6 nitrogen and oxygen atoms in total. The van der Waals surface area contributed by atoms with Crippen LogP contribution in [-0.2, 0) is 23.9 Å². The van der Waals surface area contributed by atoms with Crippen LogP contribution in [0.15, 0.2) is 23.8 Å². The van der Waals surface area contributed by atoms with Crippen molar-refractivity contribution in [2.24, 2.45) is 28.6 Å². The van der Waals surface area contributed by atoms with Crippen molar-refractivity contribution in [1.29, 1.82) is 0 Å². The number of hydrogen-bond donors (Lipinski definition) is 1. The Morgan fingerprint density at radius 2 is 1.91 bits per heavy atom. The minimum absolute atomic E-state index is 0.00735. The first-order valence-corrected chi connectivity index (χ1v) is 11.4. The van der Waals surface area contributed by atoms with Crippen LogP contribution in [0.4, 0.5) is 4.39 Å². The molecule has 0 aromatic carbocycles. The van der Waals surface area contributed by atoms with Crippen LogP contribution in [0.25, 0.3) is 0 Å². The predicted molar refractivity (Wildman–Crippen MR) is 114 cm³/mol. The average Bonchev–Trinajstić information content (AvgIpc) is 2.92. The van der Waals surface area contributed by atoms with Gasteiger partial charge in [0.05, 0.1) is 18.1 Å². The van der Waals surface area contributed by atoms with Crippen LogP contribution < -0.4 is 0 Å². The largest absolute Gasteiger partial charge is 0.466 e. The van der Waals surface area contributed by atoms with E-state index in [0.717, 1.165) is 0 Å². The van der Waals surface area contributed by atoms with Gasteiger partial charge in [0.15, 0.2) is 5.78 Å². The van der Waals surface area contributed by atoms with Crippen molar-refractivity contribution in [2.75, 3.05) is 7.11 Å². The Kier molecular flexibility index (Phi) is 5.22. The topological polar surface area (TPSA) is 89.9 Å². The molecule has 0 aromatic rings. The minimum atomic E-state index is -1.61. The molecule has 1 N–H and O–H groups in total. The number of carbonyl (C=O) groups excluding carboxylic acids is 3. The summed E-state index contributed by atoms with van der Waals surface area (Å²) in [4.78, 5) is 35.9. The van der Waals surface area contributed by atoms with Gasteiger partial charge >= 0.3 is 11.9 Å². The Morgan fingerprint density at radius 1 is 1.25 bits per heavy atom. The highest BCUT2D eigenvalue weighted by molar-refractivity contribution is 6.26. The summed E-state index contributed by atoms with van der Waals surface area (Å²) < 4.78 is 26.4. The van der Waals surface area contributed by atoms with Crippen LogP contribution in [0.2, 0.25) is 0 Å². The Balaban J connectivity index is 1.89. The Labute approximate surface area is 192 Å². The smallest absolute Gasteiger partial charge is 0.351 e. The molecular formula is C24H30ClFO6. The number of carbonyl (C=O) groups is 3. The molecule has 3 saturated carbocycles. The van der Waals surface area contributed by atoms with E-state index in [1.165, 1.54) is 26.2 Å². The third-order valence-corrected chi connectivity index (χ3v) is 9.89. The molecule has 0 amide bonds. The zero-order valence-electron chi connectivity index (χ0n) is 19.0. The van der Waals surface area contributed by atoms with Gasteiger partial charge in [-0.1, -0.05) is 26.8 Å². The number of ketones is 1. The highest BCUT2D eigenvalue weighted by Crippen LogP contribution is 2.72. The van der Waals surface area contributed by atoms with Gasteiger partial charge in [-0.25, -0.2) is 9.18 Å². The van der Waals surface area contributed by atoms with E-state index in [4.69, 9.17) is 21.1 Å². The van der Waals surface area contributed by atoms with Crippen molar-refractivity contribution in [3.05, 3.63) is 23.8 Å². The van der Waals surface area contributed by atoms with Gasteiger partial charge in [0.2, 0.25) is 5.60 Å². The van der Waals surface area contributed by atoms with Gasteiger partial charge in [-0.15, -0.1) is 11.6 Å². The summed E-state index contributed by atoms with van der Waals surface area (Å²) in [5.74, 6) is -2.88. The molecule has 8 heteroatoms. The number of esters is 2. The molecule has 32 heavy (non-hydrogen) atoms. The maximum atomic E-state index is 15.5. The molecule has 9 atom stereocenters. The number of aliphatic hydroxyl groups is 1. The molecule has 0 saturated heterocycles. The van der Waals surface area contributed by atoms with E-state index in [1.807, 2.05) is 13.8 Å². The number of methoxy groups -OCH3 is 1. The highest BCUT2D eigenvalue weighted by Gasteiger charge is 2.77. The summed E-state index contributed by atoms with van der Waals surface area (Å²) in [6, 6.07) is 0. The Bertz CT molecular complexity index is 947. The van der Waals surface area contributed by atoms with Gasteiger partial charge in [-0.05, 0) is 48.8 Å². The highest BCUT2D eigenvalue weighted by atomic mass is 35.5.